The summed E-state index contributed by atoms with van der Waals surface area (Å²) < 4.78 is 4.92. The van der Waals surface area contributed by atoms with Crippen molar-refractivity contribution in [1.82, 2.24) is 4.98 Å². The lowest BCUT2D eigenvalue weighted by atomic mass is 9.82. The van der Waals surface area contributed by atoms with Crippen LogP contribution >= 0.6 is 0 Å². The van der Waals surface area contributed by atoms with Crippen molar-refractivity contribution >= 4 is 22.7 Å². The molecule has 6 heteroatoms. The van der Waals surface area contributed by atoms with Gasteiger partial charge in [0.1, 0.15) is 0 Å². The second-order valence-corrected chi connectivity index (χ2v) is 5.40. The molecule has 0 spiro atoms. The van der Waals surface area contributed by atoms with E-state index in [2.05, 4.69) is 10.3 Å². The molecule has 0 aliphatic heterocycles. The number of oxazole rings is 1. The van der Waals surface area contributed by atoms with Crippen LogP contribution in [0, 0.1) is 0 Å². The Balaban J connectivity index is 1.81. The number of carbonyl (C=O) groups excluding carboxylic acids is 1. The third-order valence-electron chi connectivity index (χ3n) is 3.87. The monoisotopic (exact) mass is 275 g/mol. The van der Waals surface area contributed by atoms with Crippen molar-refractivity contribution in [3.8, 4) is 0 Å². The standard InChI is InChI=1S/C14H17N3O3/c15-14(6-2-1-3-7-14)12(18)16-9-4-5-11-10(8-9)17-13(19)20-11/h4-5,8H,1-3,6-7,15H2,(H,16,18)(H,17,19). The minimum absolute atomic E-state index is 0.164. The Labute approximate surface area is 115 Å². The van der Waals surface area contributed by atoms with Gasteiger partial charge in [-0.1, -0.05) is 19.3 Å². The lowest BCUT2D eigenvalue weighted by Gasteiger charge is -2.31. The molecule has 3 rings (SSSR count). The first-order valence-corrected chi connectivity index (χ1v) is 6.80. The minimum atomic E-state index is -0.781. The van der Waals surface area contributed by atoms with E-state index in [4.69, 9.17) is 10.2 Å². The van der Waals surface area contributed by atoms with Crippen LogP contribution in [0.25, 0.3) is 11.1 Å². The number of benzene rings is 1. The van der Waals surface area contributed by atoms with Gasteiger partial charge < -0.3 is 15.5 Å². The number of nitrogens with one attached hydrogen (secondary N) is 2. The van der Waals surface area contributed by atoms with Gasteiger partial charge in [-0.25, -0.2) is 4.79 Å². The van der Waals surface area contributed by atoms with E-state index in [1.54, 1.807) is 18.2 Å². The fraction of sp³-hybridized carbons (Fsp3) is 0.429. The van der Waals surface area contributed by atoms with Gasteiger partial charge in [-0.2, -0.15) is 0 Å². The molecule has 0 saturated heterocycles. The van der Waals surface area contributed by atoms with Gasteiger partial charge in [0.25, 0.3) is 0 Å². The predicted octanol–water partition coefficient (Wildman–Crippen LogP) is 1.72. The quantitative estimate of drug-likeness (QED) is 0.776. The summed E-state index contributed by atoms with van der Waals surface area (Å²) in [5, 5.41) is 2.83. The maximum atomic E-state index is 12.3. The molecule has 106 valence electrons. The van der Waals surface area contributed by atoms with Gasteiger partial charge >= 0.3 is 5.76 Å². The number of amides is 1. The Morgan fingerprint density at radius 1 is 1.30 bits per heavy atom. The number of carbonyl (C=O) groups is 1. The van der Waals surface area contributed by atoms with Crippen LogP contribution in [0.3, 0.4) is 0 Å². The van der Waals surface area contributed by atoms with Crippen molar-refractivity contribution in [3.05, 3.63) is 28.7 Å². The molecule has 1 aliphatic rings. The maximum Gasteiger partial charge on any atom is 0.417 e. The average Bonchev–Trinajstić information content (AvgIpc) is 2.79. The number of nitrogens with two attached hydrogens (primary N) is 1. The minimum Gasteiger partial charge on any atom is -0.408 e. The molecular formula is C14H17N3O3. The van der Waals surface area contributed by atoms with Gasteiger partial charge in [-0.3, -0.25) is 9.78 Å². The predicted molar refractivity (Wildman–Crippen MR) is 75.5 cm³/mol. The molecule has 4 N–H and O–H groups in total. The van der Waals surface area contributed by atoms with Gasteiger partial charge in [-0.15, -0.1) is 0 Å². The van der Waals surface area contributed by atoms with Crippen LogP contribution in [-0.4, -0.2) is 16.4 Å². The Hall–Kier alpha value is -2.08. The first-order valence-electron chi connectivity index (χ1n) is 6.80. The van der Waals surface area contributed by atoms with Crippen molar-refractivity contribution < 1.29 is 9.21 Å². The number of fused-ring (bicyclic) bond motifs is 1. The third-order valence-corrected chi connectivity index (χ3v) is 3.87. The summed E-state index contributed by atoms with van der Waals surface area (Å²) in [7, 11) is 0. The third kappa shape index (κ3) is 2.34. The molecule has 0 bridgehead atoms. The highest BCUT2D eigenvalue weighted by atomic mass is 16.4. The van der Waals surface area contributed by atoms with Crippen LogP contribution < -0.4 is 16.8 Å². The lowest BCUT2D eigenvalue weighted by molar-refractivity contribution is -0.122. The van der Waals surface area contributed by atoms with Crippen molar-refractivity contribution in [2.45, 2.75) is 37.6 Å². The SMILES string of the molecule is NC1(C(=O)Nc2ccc3oc(=O)[nH]c3c2)CCCCC1. The average molecular weight is 275 g/mol. The summed E-state index contributed by atoms with van der Waals surface area (Å²) in [6, 6.07) is 5.01. The fourth-order valence-electron chi connectivity index (χ4n) is 2.70. The number of anilines is 1. The first kappa shape index (κ1) is 12.9. The Kier molecular flexibility index (Phi) is 3.10. The maximum absolute atomic E-state index is 12.3. The van der Waals surface area contributed by atoms with E-state index in [0.29, 0.717) is 29.6 Å². The summed E-state index contributed by atoms with van der Waals surface area (Å²) in [5.41, 5.74) is 7.03. The van der Waals surface area contributed by atoms with Crippen molar-refractivity contribution in [2.24, 2.45) is 5.73 Å². The van der Waals surface area contributed by atoms with E-state index in [9.17, 15) is 9.59 Å². The summed E-state index contributed by atoms with van der Waals surface area (Å²) in [4.78, 5) is 25.9. The van der Waals surface area contributed by atoms with E-state index in [1.165, 1.54) is 0 Å². The molecule has 1 fully saturated rings. The molecule has 0 unspecified atom stereocenters. The van der Waals surface area contributed by atoms with E-state index in [1.807, 2.05) is 0 Å². The molecule has 6 nitrogen and oxygen atoms in total. The van der Waals surface area contributed by atoms with Crippen LogP contribution in [0.4, 0.5) is 5.69 Å². The van der Waals surface area contributed by atoms with Crippen LogP contribution in [0.2, 0.25) is 0 Å². The number of hydrogen-bond acceptors (Lipinski definition) is 4. The largest absolute Gasteiger partial charge is 0.417 e. The zero-order valence-electron chi connectivity index (χ0n) is 11.1. The molecule has 1 heterocycles. The van der Waals surface area contributed by atoms with Crippen molar-refractivity contribution in [1.29, 1.82) is 0 Å². The highest BCUT2D eigenvalue weighted by molar-refractivity contribution is 5.99. The van der Waals surface area contributed by atoms with E-state index in [0.717, 1.165) is 19.3 Å². The fourth-order valence-corrected chi connectivity index (χ4v) is 2.70. The smallest absolute Gasteiger partial charge is 0.408 e. The first-order chi connectivity index (χ1) is 9.57. The lowest BCUT2D eigenvalue weighted by Crippen LogP contribution is -2.52. The Bertz CT molecular complexity index is 695. The van der Waals surface area contributed by atoms with E-state index < -0.39 is 11.3 Å². The van der Waals surface area contributed by atoms with E-state index >= 15 is 0 Å². The molecule has 1 aromatic carbocycles. The number of aromatic nitrogens is 1. The van der Waals surface area contributed by atoms with Gasteiger partial charge in [0.15, 0.2) is 5.58 Å². The second-order valence-electron chi connectivity index (χ2n) is 5.40. The van der Waals surface area contributed by atoms with Crippen LogP contribution in [-0.2, 0) is 4.79 Å². The number of hydrogen-bond donors (Lipinski definition) is 3. The van der Waals surface area contributed by atoms with Crippen LogP contribution in [0.5, 0.6) is 0 Å². The van der Waals surface area contributed by atoms with E-state index in [-0.39, 0.29) is 5.91 Å². The normalized spacial score (nSPS) is 18.1. The molecule has 2 aromatic rings. The topological polar surface area (TPSA) is 101 Å². The molecule has 0 radical (unpaired) electrons. The molecule has 1 amide bonds. The number of aromatic amines is 1. The number of rotatable bonds is 2. The summed E-state index contributed by atoms with van der Waals surface area (Å²) >= 11 is 0. The van der Waals surface area contributed by atoms with Gasteiger partial charge in [0.2, 0.25) is 5.91 Å². The van der Waals surface area contributed by atoms with Crippen LogP contribution in [0.1, 0.15) is 32.1 Å². The van der Waals surface area contributed by atoms with Crippen molar-refractivity contribution in [3.63, 3.8) is 0 Å². The van der Waals surface area contributed by atoms with Crippen LogP contribution in [0.15, 0.2) is 27.4 Å². The van der Waals surface area contributed by atoms with Crippen molar-refractivity contribution in [2.75, 3.05) is 5.32 Å². The zero-order chi connectivity index (χ0) is 14.2. The molecular weight excluding hydrogens is 258 g/mol. The second kappa shape index (κ2) is 4.79. The Morgan fingerprint density at radius 3 is 2.80 bits per heavy atom. The highest BCUT2D eigenvalue weighted by Crippen LogP contribution is 2.27. The molecule has 0 atom stereocenters. The summed E-state index contributed by atoms with van der Waals surface area (Å²) in [6.45, 7) is 0. The molecule has 20 heavy (non-hydrogen) atoms. The van der Waals surface area contributed by atoms with Gasteiger partial charge in [-0.05, 0) is 31.0 Å². The summed E-state index contributed by atoms with van der Waals surface area (Å²) in [5.74, 6) is -0.673. The highest BCUT2D eigenvalue weighted by Gasteiger charge is 2.35. The molecule has 1 aromatic heterocycles. The van der Waals surface area contributed by atoms with Gasteiger partial charge in [0.05, 0.1) is 11.1 Å². The number of H-pyrrole nitrogens is 1. The summed E-state index contributed by atoms with van der Waals surface area (Å²) in [6.07, 6.45) is 4.53. The Morgan fingerprint density at radius 2 is 2.05 bits per heavy atom. The molecule has 1 saturated carbocycles. The van der Waals surface area contributed by atoms with Gasteiger partial charge in [0, 0.05) is 5.69 Å². The zero-order valence-corrected chi connectivity index (χ0v) is 11.1. The molecule has 1 aliphatic carbocycles.